The fourth-order valence-electron chi connectivity index (χ4n) is 3.22. The van der Waals surface area contributed by atoms with E-state index in [9.17, 15) is 17.9 Å². The van der Waals surface area contributed by atoms with Gasteiger partial charge in [-0.15, -0.1) is 10.2 Å². The Labute approximate surface area is 207 Å². The molecule has 3 aromatic rings. The molecule has 0 spiro atoms. The van der Waals surface area contributed by atoms with E-state index in [1.165, 1.54) is 32.6 Å². The first-order chi connectivity index (χ1) is 16.8. The molecule has 36 heavy (non-hydrogen) atoms. The smallest absolute Gasteiger partial charge is 0.243 e. The summed E-state index contributed by atoms with van der Waals surface area (Å²) >= 11 is 0. The van der Waals surface area contributed by atoms with Gasteiger partial charge in [0, 0.05) is 0 Å². The van der Waals surface area contributed by atoms with Crippen LogP contribution in [0.4, 0.5) is 10.3 Å². The molecule has 2 N–H and O–H groups in total. The van der Waals surface area contributed by atoms with Crippen molar-refractivity contribution in [2.45, 2.75) is 38.5 Å². The number of anilines is 1. The first-order valence-electron chi connectivity index (χ1n) is 10.6. The van der Waals surface area contributed by atoms with E-state index < -0.39 is 26.7 Å². The number of aromatic nitrogens is 5. The van der Waals surface area contributed by atoms with Gasteiger partial charge in [-0.25, -0.2) is 22.8 Å². The van der Waals surface area contributed by atoms with Crippen LogP contribution in [0.3, 0.4) is 0 Å². The van der Waals surface area contributed by atoms with Gasteiger partial charge in [0.05, 0.1) is 26.6 Å². The van der Waals surface area contributed by atoms with Crippen molar-refractivity contribution in [2.75, 3.05) is 18.9 Å². The van der Waals surface area contributed by atoms with Crippen LogP contribution >= 0.6 is 0 Å². The minimum absolute atomic E-state index is 0.124. The van der Waals surface area contributed by atoms with Crippen LogP contribution in [0.25, 0.3) is 17.3 Å². The number of rotatable bonds is 10. The number of hydrogen-bond donors (Lipinski definition) is 2. The highest BCUT2D eigenvalue weighted by Gasteiger charge is 2.43. The maximum Gasteiger partial charge on any atom is 0.243 e. The second-order valence-corrected chi connectivity index (χ2v) is 9.99. The Morgan fingerprint density at radius 2 is 1.89 bits per heavy atom. The molecule has 0 bridgehead atoms. The van der Waals surface area contributed by atoms with E-state index in [0.717, 1.165) is 12.4 Å². The lowest BCUT2D eigenvalue weighted by molar-refractivity contribution is 0.0469. The highest BCUT2D eigenvalue weighted by Crippen LogP contribution is 2.33. The number of sulfonamides is 1. The molecule has 0 aromatic carbocycles. The Bertz CT molecular complexity index is 1390. The predicted molar refractivity (Wildman–Crippen MR) is 128 cm³/mol. The summed E-state index contributed by atoms with van der Waals surface area (Å²) in [6.45, 7) is 9.68. The third-order valence-corrected chi connectivity index (χ3v) is 7.42. The van der Waals surface area contributed by atoms with Crippen molar-refractivity contribution in [1.82, 2.24) is 24.7 Å². The minimum atomic E-state index is -4.38. The number of aryl methyl sites for hydroxylation is 1. The molecule has 3 rings (SSSR count). The van der Waals surface area contributed by atoms with Gasteiger partial charge in [-0.2, -0.15) is 0 Å². The van der Waals surface area contributed by atoms with Crippen molar-refractivity contribution in [2.24, 2.45) is 0 Å². The molecule has 12 nitrogen and oxygen atoms in total. The van der Waals surface area contributed by atoms with Gasteiger partial charge < -0.3 is 19.0 Å². The highest BCUT2D eigenvalue weighted by molar-refractivity contribution is 7.93. The normalized spacial score (nSPS) is 15.0. The first kappa shape index (κ1) is 26.8. The molecular formula is C22H27FN6O6S. The topological polar surface area (TPSA) is 154 Å². The molecule has 14 heteroatoms. The number of nitrogens with one attached hydrogen (secondary N) is 1. The minimum Gasteiger partial charge on any atom is -0.499 e. The highest BCUT2D eigenvalue weighted by atomic mass is 32.2. The van der Waals surface area contributed by atoms with Crippen molar-refractivity contribution in [3.63, 3.8) is 0 Å². The van der Waals surface area contributed by atoms with E-state index >= 15 is 0 Å². The van der Waals surface area contributed by atoms with E-state index in [2.05, 4.69) is 31.5 Å². The van der Waals surface area contributed by atoms with Gasteiger partial charge in [-0.1, -0.05) is 6.58 Å². The number of furan rings is 1. The Hall–Kier alpha value is -3.78. The molecular weight excluding hydrogens is 495 g/mol. The fraction of sp³-hybridized carbons (Fsp3) is 0.364. The molecule has 0 saturated carbocycles. The first-order valence-corrected chi connectivity index (χ1v) is 12.1. The van der Waals surface area contributed by atoms with E-state index in [-0.39, 0.29) is 34.8 Å². The maximum atomic E-state index is 13.4. The van der Waals surface area contributed by atoms with Crippen molar-refractivity contribution < 1.29 is 31.8 Å². The molecule has 0 aliphatic rings. The number of hydrogen-bond acceptors (Lipinski definition) is 10. The Morgan fingerprint density at radius 3 is 2.42 bits per heavy atom. The largest absolute Gasteiger partial charge is 0.499 e. The van der Waals surface area contributed by atoms with Gasteiger partial charge in [0.1, 0.15) is 33.8 Å². The lowest BCUT2D eigenvalue weighted by Crippen LogP contribution is -2.44. The summed E-state index contributed by atoms with van der Waals surface area (Å²) in [6.07, 6.45) is 1.66. The Morgan fingerprint density at radius 1 is 1.25 bits per heavy atom. The molecule has 0 fully saturated rings. The predicted octanol–water partition coefficient (Wildman–Crippen LogP) is 2.81. The van der Waals surface area contributed by atoms with Crippen LogP contribution in [-0.2, 0) is 25.1 Å². The molecule has 194 valence electrons. The van der Waals surface area contributed by atoms with Gasteiger partial charge >= 0.3 is 0 Å². The van der Waals surface area contributed by atoms with Crippen molar-refractivity contribution >= 4 is 21.7 Å². The van der Waals surface area contributed by atoms with Crippen molar-refractivity contribution in [3.8, 4) is 11.6 Å². The number of aliphatic hydroxyl groups is 1. The molecule has 2 atom stereocenters. The molecule has 0 aliphatic carbocycles. The molecule has 0 saturated heterocycles. The zero-order valence-electron chi connectivity index (χ0n) is 20.6. The van der Waals surface area contributed by atoms with Gasteiger partial charge in [0.15, 0.2) is 17.4 Å². The molecule has 0 unspecified atom stereocenters. The van der Waals surface area contributed by atoms with Gasteiger partial charge in [0.25, 0.3) is 0 Å². The van der Waals surface area contributed by atoms with Crippen molar-refractivity contribution in [3.05, 3.63) is 60.0 Å². The van der Waals surface area contributed by atoms with Crippen LogP contribution in [0.5, 0.6) is 0 Å². The molecule has 0 amide bonds. The average molecular weight is 523 g/mol. The van der Waals surface area contributed by atoms with Crippen molar-refractivity contribution in [1.29, 1.82) is 0 Å². The third-order valence-electron chi connectivity index (χ3n) is 5.56. The SMILES string of the molecule is C=C(OC)/C(=C(\C)OC)n1c(NS(=O)(=O)[C@@H](C)[C@@](C)(O)c2ncc(F)cn2)nnc1-c1ccc(C)o1. The lowest BCUT2D eigenvalue weighted by Gasteiger charge is -2.28. The maximum absolute atomic E-state index is 13.4. The number of ether oxygens (including phenoxy) is 2. The monoisotopic (exact) mass is 522 g/mol. The molecule has 3 aromatic heterocycles. The number of methoxy groups -OCH3 is 2. The van der Waals surface area contributed by atoms with E-state index in [1.807, 2.05) is 0 Å². The summed E-state index contributed by atoms with van der Waals surface area (Å²) in [4.78, 5) is 7.45. The summed E-state index contributed by atoms with van der Waals surface area (Å²) in [5.74, 6) is 0.172. The molecule has 0 radical (unpaired) electrons. The summed E-state index contributed by atoms with van der Waals surface area (Å²) in [6, 6.07) is 3.35. The van der Waals surface area contributed by atoms with E-state index in [4.69, 9.17) is 13.9 Å². The van der Waals surface area contributed by atoms with E-state index in [1.54, 1.807) is 26.0 Å². The van der Waals surface area contributed by atoms with Gasteiger partial charge in [0.2, 0.25) is 21.8 Å². The zero-order valence-corrected chi connectivity index (χ0v) is 21.4. The number of allylic oxidation sites excluding steroid dienone is 2. The van der Waals surface area contributed by atoms with Crippen LogP contribution in [-0.4, -0.2) is 57.7 Å². The zero-order chi connectivity index (χ0) is 26.8. The fourth-order valence-corrected chi connectivity index (χ4v) is 4.49. The summed E-state index contributed by atoms with van der Waals surface area (Å²) in [5.41, 5.74) is -1.88. The summed E-state index contributed by atoms with van der Waals surface area (Å²) < 4.78 is 60.1. The molecule has 3 heterocycles. The Balaban J connectivity index is 2.13. The van der Waals surface area contributed by atoms with Crippen LogP contribution in [0.2, 0.25) is 0 Å². The van der Waals surface area contributed by atoms with Crippen LogP contribution in [0, 0.1) is 12.7 Å². The molecule has 0 aliphatic heterocycles. The number of nitrogens with zero attached hydrogens (tertiary/aromatic N) is 5. The van der Waals surface area contributed by atoms with Crippen LogP contribution in [0.1, 0.15) is 32.4 Å². The van der Waals surface area contributed by atoms with Crippen LogP contribution < -0.4 is 4.72 Å². The standard InChI is InChI=1S/C22H27FN6O6S/c1-12-8-9-17(35-12)19-26-27-21(29(19)18(13(2)33-6)14(3)34-7)28-36(31,32)15(4)22(5,30)20-24-10-16(23)11-25-20/h8-11,15,30H,2H2,1,3-7H3,(H,27,28)/b18-14-/t15-,22+/m0/s1. The summed E-state index contributed by atoms with van der Waals surface area (Å²) in [7, 11) is -1.57. The average Bonchev–Trinajstić information content (AvgIpc) is 3.44. The van der Waals surface area contributed by atoms with Gasteiger partial charge in [-0.05, 0) is 39.8 Å². The third kappa shape index (κ3) is 5.09. The second-order valence-electron chi connectivity index (χ2n) is 7.99. The quantitative estimate of drug-likeness (QED) is 0.300. The van der Waals surface area contributed by atoms with Gasteiger partial charge in [-0.3, -0.25) is 9.29 Å². The van der Waals surface area contributed by atoms with E-state index in [0.29, 0.717) is 11.5 Å². The lowest BCUT2D eigenvalue weighted by atomic mass is 10.0. The summed E-state index contributed by atoms with van der Waals surface area (Å²) in [5, 5.41) is 17.6. The second kappa shape index (κ2) is 10.1. The Kier molecular flexibility index (Phi) is 7.50. The number of halogens is 1. The van der Waals surface area contributed by atoms with Crippen LogP contribution in [0.15, 0.2) is 47.0 Å².